The Morgan fingerprint density at radius 1 is 1.34 bits per heavy atom. The first kappa shape index (κ1) is 23.2. The van der Waals surface area contributed by atoms with Crippen molar-refractivity contribution in [1.82, 2.24) is 19.7 Å². The molecule has 10 heteroatoms. The van der Waals surface area contributed by atoms with E-state index in [4.69, 9.17) is 5.73 Å². The van der Waals surface area contributed by atoms with Crippen molar-refractivity contribution in [2.24, 2.45) is 11.1 Å². The number of pyridine rings is 1. The molecule has 0 saturated carbocycles. The molecule has 0 atom stereocenters. The normalized spacial score (nSPS) is 15.8. The molecule has 0 aliphatic carbocycles. The van der Waals surface area contributed by atoms with Crippen molar-refractivity contribution in [3.05, 3.63) is 36.0 Å². The fourth-order valence-corrected chi connectivity index (χ4v) is 3.88. The number of primary amides is 1. The quantitative estimate of drug-likeness (QED) is 0.663. The average Bonchev–Trinajstić information content (AvgIpc) is 3.12. The minimum absolute atomic E-state index is 0.0865. The van der Waals surface area contributed by atoms with E-state index in [-0.39, 0.29) is 29.1 Å². The topological polar surface area (TPSA) is 130 Å². The van der Waals surface area contributed by atoms with E-state index in [9.17, 15) is 19.2 Å². The summed E-state index contributed by atoms with van der Waals surface area (Å²) in [6, 6.07) is 4.93. The van der Waals surface area contributed by atoms with Gasteiger partial charge in [-0.05, 0) is 24.3 Å². The first-order valence-corrected chi connectivity index (χ1v) is 10.5. The second-order valence-electron chi connectivity index (χ2n) is 9.37. The van der Waals surface area contributed by atoms with Gasteiger partial charge in [0.2, 0.25) is 11.9 Å². The number of nitrogens with zero attached hydrogens (tertiary/aromatic N) is 5. The van der Waals surface area contributed by atoms with Gasteiger partial charge in [-0.2, -0.15) is 14.8 Å². The number of anilines is 2. The van der Waals surface area contributed by atoms with Gasteiger partial charge in [0.05, 0.1) is 18.0 Å². The van der Waals surface area contributed by atoms with Crippen LogP contribution in [0.1, 0.15) is 56.8 Å². The summed E-state index contributed by atoms with van der Waals surface area (Å²) in [6.07, 6.45) is 4.45. The molecule has 0 radical (unpaired) electrons. The summed E-state index contributed by atoms with van der Waals surface area (Å²) in [5, 5.41) is 16.9. The van der Waals surface area contributed by atoms with Gasteiger partial charge in [0, 0.05) is 43.7 Å². The van der Waals surface area contributed by atoms with Crippen LogP contribution in [0.4, 0.5) is 15.9 Å². The van der Waals surface area contributed by atoms with Gasteiger partial charge < -0.3 is 16.0 Å². The van der Waals surface area contributed by atoms with Crippen LogP contribution in [-0.2, 0) is 10.3 Å². The molecule has 3 heterocycles. The number of aromatic nitrogens is 3. The lowest BCUT2D eigenvalue weighted by Gasteiger charge is -2.41. The van der Waals surface area contributed by atoms with Crippen molar-refractivity contribution in [3.63, 3.8) is 0 Å². The molecule has 3 rings (SSSR count). The number of rotatable bonds is 6. The van der Waals surface area contributed by atoms with Crippen LogP contribution in [0.2, 0.25) is 0 Å². The third-order valence-electron chi connectivity index (χ3n) is 5.59. The van der Waals surface area contributed by atoms with E-state index in [1.807, 2.05) is 25.7 Å². The maximum Gasteiger partial charge on any atom is 0.254 e. The zero-order chi connectivity index (χ0) is 23.5. The first-order chi connectivity index (χ1) is 15.0. The van der Waals surface area contributed by atoms with Gasteiger partial charge in [-0.25, -0.2) is 4.98 Å². The molecule has 1 saturated heterocycles. The van der Waals surface area contributed by atoms with Crippen LogP contribution in [0.5, 0.6) is 0 Å². The maximum absolute atomic E-state index is 13.5. The number of likely N-dealkylation sites (tertiary alicyclic amines) is 1. The largest absolute Gasteiger partial charge is 0.365 e. The number of piperidine rings is 1. The van der Waals surface area contributed by atoms with Crippen molar-refractivity contribution in [1.29, 1.82) is 5.26 Å². The Bertz CT molecular complexity index is 1040. The van der Waals surface area contributed by atoms with E-state index >= 15 is 0 Å². The van der Waals surface area contributed by atoms with Gasteiger partial charge in [-0.1, -0.05) is 20.8 Å². The minimum atomic E-state index is -0.696. The zero-order valence-electron chi connectivity index (χ0n) is 18.6. The minimum Gasteiger partial charge on any atom is -0.365 e. The Kier molecular flexibility index (Phi) is 6.48. The maximum atomic E-state index is 13.5. The molecular formula is C22H28FN7O2. The lowest BCUT2D eigenvalue weighted by molar-refractivity contribution is -0.135. The molecule has 0 aromatic carbocycles. The lowest BCUT2D eigenvalue weighted by atomic mass is 9.84. The number of hydrogen-bond donors (Lipinski definition) is 2. The zero-order valence-corrected chi connectivity index (χ0v) is 18.6. The van der Waals surface area contributed by atoms with E-state index in [2.05, 4.69) is 21.5 Å². The summed E-state index contributed by atoms with van der Waals surface area (Å²) in [7, 11) is 0. The summed E-state index contributed by atoms with van der Waals surface area (Å²) in [4.78, 5) is 30.0. The molecule has 0 bridgehead atoms. The molecule has 32 heavy (non-hydrogen) atoms. The Labute approximate surface area is 186 Å². The van der Waals surface area contributed by atoms with Crippen LogP contribution in [0, 0.1) is 22.7 Å². The summed E-state index contributed by atoms with van der Waals surface area (Å²) in [5.74, 6) is -1.11. The van der Waals surface area contributed by atoms with Gasteiger partial charge in [-0.15, -0.1) is 0 Å². The van der Waals surface area contributed by atoms with Crippen molar-refractivity contribution in [2.75, 3.05) is 18.4 Å². The monoisotopic (exact) mass is 441 g/mol. The summed E-state index contributed by atoms with van der Waals surface area (Å²) < 4.78 is 15.1. The van der Waals surface area contributed by atoms with Crippen molar-refractivity contribution < 1.29 is 14.0 Å². The highest BCUT2D eigenvalue weighted by Crippen LogP contribution is 2.35. The van der Waals surface area contributed by atoms with E-state index in [0.29, 0.717) is 38.0 Å². The number of hydrogen-bond acceptors (Lipinski definition) is 6. The molecule has 9 nitrogen and oxygen atoms in total. The molecule has 0 spiro atoms. The molecule has 1 aliphatic heterocycles. The predicted molar refractivity (Wildman–Crippen MR) is 116 cm³/mol. The second-order valence-corrected chi connectivity index (χ2v) is 9.37. The molecule has 170 valence electrons. The molecule has 2 aromatic rings. The molecule has 1 fully saturated rings. The van der Waals surface area contributed by atoms with E-state index in [1.165, 1.54) is 24.5 Å². The van der Waals surface area contributed by atoms with Crippen LogP contribution >= 0.6 is 0 Å². The number of amides is 2. The highest BCUT2D eigenvalue weighted by atomic mass is 19.1. The van der Waals surface area contributed by atoms with Crippen LogP contribution in [0.15, 0.2) is 24.5 Å². The molecule has 2 amide bonds. The van der Waals surface area contributed by atoms with E-state index in [0.717, 1.165) is 0 Å². The van der Waals surface area contributed by atoms with E-state index < -0.39 is 17.4 Å². The standard InChI is InChI=1S/C22H28FN7O2/c1-21(2,3)13-18(31)29-10-6-22(5-8-24,7-11-29)30-14-16(19(25)32)20(28-30)27-15-4-9-26-17(23)12-15/h4,9,12,14H,5-7,10-11,13H2,1-3H3,(H2,25,32)(H,26,27,28). The van der Waals surface area contributed by atoms with Gasteiger partial charge in [0.1, 0.15) is 5.56 Å². The van der Waals surface area contributed by atoms with E-state index in [1.54, 1.807) is 4.68 Å². The highest BCUT2D eigenvalue weighted by molar-refractivity contribution is 5.98. The Balaban J connectivity index is 1.86. The highest BCUT2D eigenvalue weighted by Gasteiger charge is 2.39. The third-order valence-corrected chi connectivity index (χ3v) is 5.59. The van der Waals surface area contributed by atoms with Crippen molar-refractivity contribution in [3.8, 4) is 6.07 Å². The number of carbonyl (C=O) groups is 2. The second kappa shape index (κ2) is 8.94. The number of nitriles is 1. The summed E-state index contributed by atoms with van der Waals surface area (Å²) >= 11 is 0. The van der Waals surface area contributed by atoms with Crippen LogP contribution < -0.4 is 11.1 Å². The number of nitrogens with two attached hydrogens (primary N) is 1. The Morgan fingerprint density at radius 2 is 2.03 bits per heavy atom. The van der Waals surface area contributed by atoms with Crippen LogP contribution in [-0.4, -0.2) is 44.6 Å². The molecule has 0 unspecified atom stereocenters. The molecule has 3 N–H and O–H groups in total. The Morgan fingerprint density at radius 3 is 2.59 bits per heavy atom. The predicted octanol–water partition coefficient (Wildman–Crippen LogP) is 2.93. The number of halogens is 1. The summed E-state index contributed by atoms with van der Waals surface area (Å²) in [5.41, 5.74) is 5.25. The first-order valence-electron chi connectivity index (χ1n) is 10.5. The van der Waals surface area contributed by atoms with Gasteiger partial charge in [0.25, 0.3) is 5.91 Å². The molecule has 2 aromatic heterocycles. The lowest BCUT2D eigenvalue weighted by Crippen LogP contribution is -2.48. The number of carbonyl (C=O) groups excluding carboxylic acids is 2. The number of nitrogens with one attached hydrogen (secondary N) is 1. The molecule has 1 aliphatic rings. The van der Waals surface area contributed by atoms with Crippen LogP contribution in [0.25, 0.3) is 0 Å². The summed E-state index contributed by atoms with van der Waals surface area (Å²) in [6.45, 7) is 7.04. The average molecular weight is 442 g/mol. The fraction of sp³-hybridized carbons (Fsp3) is 0.500. The van der Waals surface area contributed by atoms with Gasteiger partial charge >= 0.3 is 0 Å². The fourth-order valence-electron chi connectivity index (χ4n) is 3.88. The van der Waals surface area contributed by atoms with Crippen LogP contribution in [0.3, 0.4) is 0 Å². The third kappa shape index (κ3) is 5.22. The Hall–Kier alpha value is -3.48. The smallest absolute Gasteiger partial charge is 0.254 e. The molecular weight excluding hydrogens is 413 g/mol. The van der Waals surface area contributed by atoms with Gasteiger partial charge in [-0.3, -0.25) is 14.3 Å². The van der Waals surface area contributed by atoms with Crippen molar-refractivity contribution in [2.45, 2.75) is 52.0 Å². The van der Waals surface area contributed by atoms with Gasteiger partial charge in [0.15, 0.2) is 5.82 Å². The van der Waals surface area contributed by atoms with Crippen molar-refractivity contribution >= 4 is 23.3 Å². The SMILES string of the molecule is CC(C)(C)CC(=O)N1CCC(CC#N)(n2cc(C(N)=O)c(Nc3ccnc(F)c3)n2)CC1.